The van der Waals surface area contributed by atoms with Gasteiger partial charge in [-0.2, -0.15) is 0 Å². The van der Waals surface area contributed by atoms with Gasteiger partial charge in [0.2, 0.25) is 0 Å². The number of allylic oxidation sites excluding steroid dienone is 1. The van der Waals surface area contributed by atoms with Crippen LogP contribution in [0.5, 0.6) is 11.8 Å². The summed E-state index contributed by atoms with van der Waals surface area (Å²) in [6.45, 7) is 3.50. The van der Waals surface area contributed by atoms with Gasteiger partial charge in [0.1, 0.15) is 0 Å². The van der Waals surface area contributed by atoms with Crippen LogP contribution >= 0.6 is 0 Å². The molecular weight excluding hydrogens is 130 g/mol. The molecule has 3 N–H and O–H groups in total. The molecule has 3 heteroatoms. The van der Waals surface area contributed by atoms with Crippen LogP contribution in [0.3, 0.4) is 0 Å². The Morgan fingerprint density at radius 2 is 2.30 bits per heavy atom. The minimum absolute atomic E-state index is 0.0115. The van der Waals surface area contributed by atoms with E-state index in [-0.39, 0.29) is 11.8 Å². The number of hydrogen-bond acceptors (Lipinski definition) is 2. The summed E-state index contributed by atoms with van der Waals surface area (Å²) in [7, 11) is 0. The van der Waals surface area contributed by atoms with Gasteiger partial charge in [-0.05, 0) is 6.42 Å². The molecule has 54 valence electrons. The maximum absolute atomic E-state index is 9.00. The third-order valence-corrected chi connectivity index (χ3v) is 1.23. The summed E-state index contributed by atoms with van der Waals surface area (Å²) in [6, 6.07) is 1.47. The minimum Gasteiger partial charge on any atom is -0.495 e. The molecule has 0 atom stereocenters. The molecule has 1 heterocycles. The van der Waals surface area contributed by atoms with E-state index in [1.807, 2.05) is 0 Å². The molecule has 1 aromatic rings. The van der Waals surface area contributed by atoms with Crippen molar-refractivity contribution < 1.29 is 10.2 Å². The zero-order valence-corrected chi connectivity index (χ0v) is 5.46. The van der Waals surface area contributed by atoms with E-state index < -0.39 is 0 Å². The fourth-order valence-electron chi connectivity index (χ4n) is 0.782. The largest absolute Gasteiger partial charge is 0.495 e. The van der Waals surface area contributed by atoms with Crippen LogP contribution in [-0.4, -0.2) is 15.2 Å². The highest BCUT2D eigenvalue weighted by atomic mass is 16.3. The number of rotatable bonds is 2. The van der Waals surface area contributed by atoms with Crippen LogP contribution in [0.15, 0.2) is 18.7 Å². The predicted octanol–water partition coefficient (Wildman–Crippen LogP) is 1.15. The predicted molar refractivity (Wildman–Crippen MR) is 38.0 cm³/mol. The Hall–Kier alpha value is -1.38. The van der Waals surface area contributed by atoms with Crippen LogP contribution in [0.2, 0.25) is 0 Å². The van der Waals surface area contributed by atoms with Gasteiger partial charge >= 0.3 is 0 Å². The van der Waals surface area contributed by atoms with Gasteiger partial charge in [0, 0.05) is 11.6 Å². The van der Waals surface area contributed by atoms with Crippen molar-refractivity contribution in [2.45, 2.75) is 6.42 Å². The van der Waals surface area contributed by atoms with Crippen LogP contribution < -0.4 is 0 Å². The van der Waals surface area contributed by atoms with Gasteiger partial charge < -0.3 is 10.2 Å². The topological polar surface area (TPSA) is 56.2 Å². The zero-order chi connectivity index (χ0) is 7.56. The van der Waals surface area contributed by atoms with Gasteiger partial charge in [0.05, 0.1) is 0 Å². The van der Waals surface area contributed by atoms with E-state index in [1.165, 1.54) is 6.07 Å². The van der Waals surface area contributed by atoms with E-state index in [2.05, 4.69) is 11.6 Å². The maximum atomic E-state index is 9.00. The molecule has 3 nitrogen and oxygen atoms in total. The van der Waals surface area contributed by atoms with Crippen LogP contribution in [0.25, 0.3) is 0 Å². The summed E-state index contributed by atoms with van der Waals surface area (Å²) < 4.78 is 0. The van der Waals surface area contributed by atoms with Gasteiger partial charge in [-0.15, -0.1) is 6.58 Å². The van der Waals surface area contributed by atoms with Gasteiger partial charge in [-0.25, -0.2) is 0 Å². The second-order valence-corrected chi connectivity index (χ2v) is 2.02. The molecule has 0 aliphatic heterocycles. The summed E-state index contributed by atoms with van der Waals surface area (Å²) in [5.41, 5.74) is 0.660. The fraction of sp³-hybridized carbons (Fsp3) is 0.143. The lowest BCUT2D eigenvalue weighted by Crippen LogP contribution is -1.74. The second kappa shape index (κ2) is 2.47. The third kappa shape index (κ3) is 1.13. The van der Waals surface area contributed by atoms with E-state index >= 15 is 0 Å². The standard InChI is InChI=1S/C7H9NO2/c1-2-3-5-4-6(9)8-7(5)10/h2,4,8-10H,1,3H2. The van der Waals surface area contributed by atoms with Crippen LogP contribution in [-0.2, 0) is 6.42 Å². The molecule has 0 bridgehead atoms. The smallest absolute Gasteiger partial charge is 0.194 e. The number of H-pyrrole nitrogens is 1. The number of aromatic nitrogens is 1. The van der Waals surface area contributed by atoms with Crippen molar-refractivity contribution in [3.8, 4) is 11.8 Å². The van der Waals surface area contributed by atoms with Gasteiger partial charge in [0.15, 0.2) is 11.8 Å². The van der Waals surface area contributed by atoms with E-state index in [0.717, 1.165) is 0 Å². The van der Waals surface area contributed by atoms with Crippen LogP contribution in [0.1, 0.15) is 5.56 Å². The number of hydrogen-bond donors (Lipinski definition) is 3. The van der Waals surface area contributed by atoms with Crippen molar-refractivity contribution in [2.24, 2.45) is 0 Å². The molecule has 0 amide bonds. The summed E-state index contributed by atoms with van der Waals surface area (Å²) in [6.07, 6.45) is 2.21. The third-order valence-electron chi connectivity index (χ3n) is 1.23. The SMILES string of the molecule is C=CCc1cc(O)[nH]c1O. The van der Waals surface area contributed by atoms with E-state index in [4.69, 9.17) is 10.2 Å². The van der Waals surface area contributed by atoms with Crippen molar-refractivity contribution in [3.63, 3.8) is 0 Å². The lowest BCUT2D eigenvalue weighted by molar-refractivity contribution is 0.423. The number of aromatic amines is 1. The lowest BCUT2D eigenvalue weighted by atomic mass is 10.2. The highest BCUT2D eigenvalue weighted by Gasteiger charge is 2.02. The Labute approximate surface area is 58.6 Å². The van der Waals surface area contributed by atoms with Crippen molar-refractivity contribution in [2.75, 3.05) is 0 Å². The molecule has 10 heavy (non-hydrogen) atoms. The van der Waals surface area contributed by atoms with Crippen molar-refractivity contribution in [1.29, 1.82) is 0 Å². The first kappa shape index (κ1) is 6.74. The molecule has 1 rings (SSSR count). The molecular formula is C7H9NO2. The maximum Gasteiger partial charge on any atom is 0.194 e. The van der Waals surface area contributed by atoms with Gasteiger partial charge in [0.25, 0.3) is 0 Å². The van der Waals surface area contributed by atoms with E-state index in [0.29, 0.717) is 12.0 Å². The molecule has 0 aromatic carbocycles. The van der Waals surface area contributed by atoms with Crippen molar-refractivity contribution >= 4 is 0 Å². The quantitative estimate of drug-likeness (QED) is 0.538. The molecule has 0 fully saturated rings. The Kier molecular flexibility index (Phi) is 1.67. The molecule has 0 saturated heterocycles. The zero-order valence-electron chi connectivity index (χ0n) is 5.46. The first-order valence-electron chi connectivity index (χ1n) is 2.94. The molecule has 0 radical (unpaired) electrons. The van der Waals surface area contributed by atoms with Gasteiger partial charge in [-0.1, -0.05) is 6.08 Å². The van der Waals surface area contributed by atoms with Crippen LogP contribution in [0, 0.1) is 0 Å². The molecule has 0 saturated carbocycles. The summed E-state index contributed by atoms with van der Waals surface area (Å²) >= 11 is 0. The first-order valence-corrected chi connectivity index (χ1v) is 2.94. The van der Waals surface area contributed by atoms with Crippen molar-refractivity contribution in [1.82, 2.24) is 4.98 Å². The Morgan fingerprint density at radius 3 is 2.70 bits per heavy atom. The summed E-state index contributed by atoms with van der Waals surface area (Å²) in [5, 5.41) is 17.8. The molecule has 0 spiro atoms. The normalized spacial score (nSPS) is 9.60. The Bertz CT molecular complexity index is 240. The summed E-state index contributed by atoms with van der Waals surface area (Å²) in [5.74, 6) is -0.00764. The molecule has 1 aromatic heterocycles. The Balaban J connectivity index is 2.91. The Morgan fingerprint density at radius 1 is 1.60 bits per heavy atom. The summed E-state index contributed by atoms with van der Waals surface area (Å²) in [4.78, 5) is 2.36. The monoisotopic (exact) mass is 139 g/mol. The average Bonchev–Trinajstić information content (AvgIpc) is 2.13. The van der Waals surface area contributed by atoms with Gasteiger partial charge in [-0.3, -0.25) is 4.98 Å². The lowest BCUT2D eigenvalue weighted by Gasteiger charge is -1.88. The fourth-order valence-corrected chi connectivity index (χ4v) is 0.782. The molecule has 0 unspecified atom stereocenters. The molecule has 0 aliphatic carbocycles. The number of nitrogens with one attached hydrogen (secondary N) is 1. The van der Waals surface area contributed by atoms with E-state index in [9.17, 15) is 0 Å². The van der Waals surface area contributed by atoms with Crippen molar-refractivity contribution in [3.05, 3.63) is 24.3 Å². The minimum atomic E-state index is -0.0191. The first-order chi connectivity index (χ1) is 4.74. The second-order valence-electron chi connectivity index (χ2n) is 2.02. The molecule has 0 aliphatic rings. The highest BCUT2D eigenvalue weighted by molar-refractivity contribution is 5.33. The van der Waals surface area contributed by atoms with E-state index in [1.54, 1.807) is 6.08 Å². The number of aromatic hydroxyl groups is 2. The van der Waals surface area contributed by atoms with Crippen LogP contribution in [0.4, 0.5) is 0 Å². The average molecular weight is 139 g/mol. The highest BCUT2D eigenvalue weighted by Crippen LogP contribution is 2.21.